The Morgan fingerprint density at radius 2 is 1.03 bits per heavy atom. The van der Waals surface area contributed by atoms with Crippen molar-refractivity contribution in [3.8, 4) is 20.0 Å². The van der Waals surface area contributed by atoms with E-state index in [1.54, 1.807) is 0 Å². The minimum absolute atomic E-state index is 0.266. The predicted octanol–water partition coefficient (Wildman–Crippen LogP) is 6.47. The summed E-state index contributed by atoms with van der Waals surface area (Å²) < 4.78 is 5.76. The molecule has 0 atom stereocenters. The molecule has 1 aliphatic heterocycles. The van der Waals surface area contributed by atoms with Crippen LogP contribution in [0.4, 0.5) is 0 Å². The Labute approximate surface area is 219 Å². The van der Waals surface area contributed by atoms with Crippen LogP contribution in [0, 0.1) is 0 Å². The molecule has 0 radical (unpaired) electrons. The van der Waals surface area contributed by atoms with Crippen molar-refractivity contribution >= 4 is 50.0 Å². The van der Waals surface area contributed by atoms with Crippen LogP contribution in [0.5, 0.6) is 0 Å². The Morgan fingerprint density at radius 1 is 0.543 bits per heavy atom. The van der Waals surface area contributed by atoms with Crippen LogP contribution < -0.4 is 8.92 Å². The van der Waals surface area contributed by atoms with Gasteiger partial charge in [-0.15, -0.1) is 0 Å². The van der Waals surface area contributed by atoms with Crippen LogP contribution in [-0.2, 0) is 0 Å². The first-order valence-corrected chi connectivity index (χ1v) is 15.1. The maximum atomic E-state index is 2.36. The van der Waals surface area contributed by atoms with Crippen molar-refractivity contribution in [3.05, 3.63) is 150 Å². The fourth-order valence-corrected chi connectivity index (χ4v) is 9.06. The van der Waals surface area contributed by atoms with Gasteiger partial charge in [0.1, 0.15) is 0 Å². The zero-order chi connectivity index (χ0) is 23.5. The van der Waals surface area contributed by atoms with Crippen molar-refractivity contribution in [1.82, 2.24) is 0 Å². The van der Waals surface area contributed by atoms with Crippen LogP contribution in [0.25, 0.3) is 31.7 Å². The third kappa shape index (κ3) is 4.80. The minimum atomic E-state index is 0.266. The van der Waals surface area contributed by atoms with Crippen molar-refractivity contribution in [3.63, 3.8) is 0 Å². The summed E-state index contributed by atoms with van der Waals surface area (Å²) in [5.41, 5.74) is 7.93. The Hall–Kier alpha value is -3.25. The van der Waals surface area contributed by atoms with E-state index in [4.69, 9.17) is 0 Å². The van der Waals surface area contributed by atoms with Gasteiger partial charge in [0.25, 0.3) is 0 Å². The van der Waals surface area contributed by atoms with Crippen LogP contribution in [0.2, 0.25) is 0 Å². The quantitative estimate of drug-likeness (QED) is 0.211. The summed E-state index contributed by atoms with van der Waals surface area (Å²) >= 11 is 0.622. The molecule has 35 heavy (non-hydrogen) atoms. The second-order valence-corrected chi connectivity index (χ2v) is 12.9. The molecular weight excluding hydrogens is 554 g/mol. The molecule has 0 N–H and O–H groups in total. The first-order chi connectivity index (χ1) is 17.3. The van der Waals surface area contributed by atoms with E-state index in [1.807, 2.05) is 0 Å². The van der Waals surface area contributed by atoms with Crippen molar-refractivity contribution in [2.45, 2.75) is 0 Å². The Morgan fingerprint density at radius 3 is 1.57 bits per heavy atom. The summed E-state index contributed by atoms with van der Waals surface area (Å²) in [5, 5.41) is 0. The number of hydrogen-bond donors (Lipinski definition) is 0. The summed E-state index contributed by atoms with van der Waals surface area (Å²) in [6.07, 6.45) is 6.79. The first-order valence-electron chi connectivity index (χ1n) is 11.7. The molecule has 166 valence electrons. The molecule has 6 rings (SSSR count). The van der Waals surface area contributed by atoms with E-state index < -0.39 is 0 Å². The van der Waals surface area contributed by atoms with E-state index in [0.717, 1.165) is 0 Å². The summed E-state index contributed by atoms with van der Waals surface area (Å²) in [7, 11) is 0. The summed E-state index contributed by atoms with van der Waals surface area (Å²) in [5.74, 6) is 0. The van der Waals surface area contributed by atoms with Gasteiger partial charge in [-0.1, -0.05) is 0 Å². The molecule has 0 bridgehead atoms. The van der Waals surface area contributed by atoms with Gasteiger partial charge >= 0.3 is 220 Å². The van der Waals surface area contributed by atoms with Gasteiger partial charge in [0.15, 0.2) is 0 Å². The van der Waals surface area contributed by atoms with Gasteiger partial charge < -0.3 is 0 Å². The molecule has 0 saturated carbocycles. The first kappa shape index (κ1) is 22.2. The van der Waals surface area contributed by atoms with Crippen LogP contribution in [0.1, 0.15) is 16.7 Å². The summed E-state index contributed by atoms with van der Waals surface area (Å²) in [6.45, 7) is 0. The molecule has 0 unspecified atom stereocenters. The molecule has 0 aliphatic carbocycles. The van der Waals surface area contributed by atoms with Crippen molar-refractivity contribution < 1.29 is 0 Å². The van der Waals surface area contributed by atoms with Crippen LogP contribution in [-0.4, -0.2) is 29.5 Å². The molecule has 5 aromatic rings. The van der Waals surface area contributed by atoms with E-state index >= 15 is 0 Å². The fraction of sp³-hybridized carbons (Fsp3) is 0. The van der Waals surface area contributed by atoms with E-state index in [0.29, 0.717) is 15.0 Å². The number of allylic oxidation sites excluding steroid dienone is 2. The van der Waals surface area contributed by atoms with E-state index in [2.05, 4.69) is 140 Å². The molecular formula is C33H23Se2+. The van der Waals surface area contributed by atoms with E-state index in [1.165, 1.54) is 51.2 Å². The van der Waals surface area contributed by atoms with Gasteiger partial charge in [-0.05, 0) is 0 Å². The molecule has 0 fully saturated rings. The van der Waals surface area contributed by atoms with Gasteiger partial charge in [0, 0.05) is 0 Å². The Kier molecular flexibility index (Phi) is 6.45. The monoisotopic (exact) mass is 579 g/mol. The van der Waals surface area contributed by atoms with Crippen molar-refractivity contribution in [2.24, 2.45) is 0 Å². The third-order valence-electron chi connectivity index (χ3n) is 6.06. The number of hydrogen-bond acceptors (Lipinski definition) is 0. The molecule has 4 aromatic carbocycles. The van der Waals surface area contributed by atoms with Gasteiger partial charge in [0.05, 0.1) is 0 Å². The topological polar surface area (TPSA) is 0 Å². The van der Waals surface area contributed by atoms with Gasteiger partial charge in [-0.2, -0.15) is 0 Å². The van der Waals surface area contributed by atoms with Gasteiger partial charge in [0.2, 0.25) is 0 Å². The van der Waals surface area contributed by atoms with Crippen LogP contribution in [0.15, 0.2) is 133 Å². The molecule has 0 spiro atoms. The standard InChI is InChI=1S/C33H23Se2/c1-3-13-25(14-4-1)32-22-24(23-33(35-32)26-15-5-2-6-16-26)12-11-19-27-28-17-7-9-20-30(28)34-31-21-10-8-18-29(27)31/h1-23H/q+1. The van der Waals surface area contributed by atoms with Gasteiger partial charge in [-0.3, -0.25) is 0 Å². The average Bonchev–Trinajstić information content (AvgIpc) is 2.93. The SMILES string of the molecule is C(/C=C/c1cc(-c2ccccc2)[se+]c(-c2ccccc2)c1)=C1c2ccccc2[Se]c2ccccc21. The van der Waals surface area contributed by atoms with Crippen molar-refractivity contribution in [2.75, 3.05) is 0 Å². The molecule has 2 heteroatoms. The second kappa shape index (κ2) is 10.2. The fourth-order valence-electron chi connectivity index (χ4n) is 4.36. The molecule has 0 nitrogen and oxygen atoms in total. The van der Waals surface area contributed by atoms with E-state index in [-0.39, 0.29) is 14.5 Å². The maximum absolute atomic E-state index is 2.36. The summed E-state index contributed by atoms with van der Waals surface area (Å²) in [6, 6.07) is 44.1. The third-order valence-corrected chi connectivity index (χ3v) is 10.9. The normalized spacial score (nSPS) is 12.3. The molecule has 0 amide bonds. The molecule has 0 saturated heterocycles. The molecule has 1 aromatic heterocycles. The molecule has 2 heterocycles. The van der Waals surface area contributed by atoms with Gasteiger partial charge in [-0.25, -0.2) is 0 Å². The van der Waals surface area contributed by atoms with Crippen LogP contribution in [0.3, 0.4) is 0 Å². The molecule has 1 aliphatic rings. The zero-order valence-electron chi connectivity index (χ0n) is 19.1. The number of rotatable bonds is 4. The Balaban J connectivity index is 1.43. The number of fused-ring (bicyclic) bond motifs is 2. The zero-order valence-corrected chi connectivity index (χ0v) is 22.5. The van der Waals surface area contributed by atoms with Crippen molar-refractivity contribution in [1.29, 1.82) is 0 Å². The van der Waals surface area contributed by atoms with Crippen LogP contribution >= 0.6 is 0 Å². The predicted molar refractivity (Wildman–Crippen MR) is 153 cm³/mol. The Bertz CT molecular complexity index is 1440. The average molecular weight is 577 g/mol. The number of benzene rings is 4. The summed E-state index contributed by atoms with van der Waals surface area (Å²) in [4.78, 5) is 0. The van der Waals surface area contributed by atoms with E-state index in [9.17, 15) is 0 Å². The second-order valence-electron chi connectivity index (χ2n) is 8.39.